The number of hydrogen-bond acceptors (Lipinski definition) is 6. The summed E-state index contributed by atoms with van der Waals surface area (Å²) in [7, 11) is 0. The van der Waals surface area contributed by atoms with E-state index in [0.717, 1.165) is 37.0 Å². The molecule has 4 N–H and O–H groups in total. The molecule has 4 rings (SSSR count). The second kappa shape index (κ2) is 12.9. The van der Waals surface area contributed by atoms with Gasteiger partial charge in [0.05, 0.1) is 31.0 Å². The number of nitrogens with zero attached hydrogens (tertiary/aromatic N) is 1. The second-order valence-electron chi connectivity index (χ2n) is 15.0. The predicted octanol–water partition coefficient (Wildman–Crippen LogP) is 4.39. The average molecular weight is 566 g/mol. The number of aliphatic hydroxyl groups is 4. The summed E-state index contributed by atoms with van der Waals surface area (Å²) in [5.74, 6) is 3.48. The molecule has 0 unspecified atom stereocenters. The van der Waals surface area contributed by atoms with Crippen LogP contribution in [0.25, 0.3) is 0 Å². The Kier molecular flexibility index (Phi) is 10.4. The lowest BCUT2D eigenvalue weighted by molar-refractivity contribution is -0.267. The molecule has 7 nitrogen and oxygen atoms in total. The van der Waals surface area contributed by atoms with Crippen molar-refractivity contribution in [3.63, 3.8) is 0 Å². The molecular formula is C33H59NO6. The number of rotatable bonds is 12. The van der Waals surface area contributed by atoms with E-state index in [0.29, 0.717) is 36.0 Å². The second-order valence-corrected chi connectivity index (χ2v) is 15.0. The molecule has 7 heteroatoms. The number of ether oxygens (including phenoxy) is 1. The van der Waals surface area contributed by atoms with Crippen molar-refractivity contribution in [2.24, 2.45) is 46.3 Å². The van der Waals surface area contributed by atoms with Gasteiger partial charge >= 0.3 is 0 Å². The highest BCUT2D eigenvalue weighted by Crippen LogP contribution is 2.69. The highest BCUT2D eigenvalue weighted by Gasteiger charge is 2.67. The van der Waals surface area contributed by atoms with Crippen molar-refractivity contribution in [3.8, 4) is 0 Å². The highest BCUT2D eigenvalue weighted by atomic mass is 16.5. The van der Waals surface area contributed by atoms with Crippen LogP contribution in [0.3, 0.4) is 0 Å². The molecular weight excluding hydrogens is 506 g/mol. The number of aliphatic hydroxyl groups excluding tert-OH is 3. The first-order chi connectivity index (χ1) is 18.9. The van der Waals surface area contributed by atoms with E-state index in [1.54, 1.807) is 0 Å². The topological polar surface area (TPSA) is 110 Å². The molecule has 0 aromatic carbocycles. The molecule has 4 aliphatic carbocycles. The normalized spacial score (nSPS) is 41.8. The van der Waals surface area contributed by atoms with Gasteiger partial charge in [0.1, 0.15) is 6.61 Å². The molecule has 0 radical (unpaired) electrons. The van der Waals surface area contributed by atoms with Crippen LogP contribution in [0.5, 0.6) is 0 Å². The quantitative estimate of drug-likeness (QED) is 0.279. The van der Waals surface area contributed by atoms with Crippen LogP contribution in [0.1, 0.15) is 105 Å². The van der Waals surface area contributed by atoms with E-state index in [1.165, 1.54) is 43.4 Å². The van der Waals surface area contributed by atoms with Gasteiger partial charge in [-0.25, -0.2) is 0 Å². The number of carbonyl (C=O) groups is 1. The van der Waals surface area contributed by atoms with Crippen LogP contribution in [-0.2, 0) is 9.53 Å². The van der Waals surface area contributed by atoms with E-state index in [4.69, 9.17) is 4.74 Å². The number of amides is 1. The lowest BCUT2D eigenvalue weighted by Crippen LogP contribution is -2.68. The Bertz CT molecular complexity index is 847. The van der Waals surface area contributed by atoms with Crippen molar-refractivity contribution < 1.29 is 30.0 Å². The first kappa shape index (κ1) is 32.2. The Hall–Kier alpha value is -0.730. The highest BCUT2D eigenvalue weighted by molar-refractivity contribution is 5.77. The fourth-order valence-electron chi connectivity index (χ4n) is 10.3. The Morgan fingerprint density at radius 3 is 2.33 bits per heavy atom. The summed E-state index contributed by atoms with van der Waals surface area (Å²) in [5.41, 5.74) is -1.24. The van der Waals surface area contributed by atoms with Crippen LogP contribution in [0.4, 0.5) is 0 Å². The summed E-state index contributed by atoms with van der Waals surface area (Å²) in [4.78, 5) is 14.0. The van der Waals surface area contributed by atoms with Crippen LogP contribution in [0.15, 0.2) is 0 Å². The Morgan fingerprint density at radius 1 is 0.975 bits per heavy atom. The summed E-state index contributed by atoms with van der Waals surface area (Å²) in [6, 6.07) is 0. The van der Waals surface area contributed by atoms with Gasteiger partial charge in [0.2, 0.25) is 5.91 Å². The molecule has 4 fully saturated rings. The fraction of sp³-hybridized carbons (Fsp3) is 0.970. The van der Waals surface area contributed by atoms with Gasteiger partial charge in [-0.2, -0.15) is 0 Å². The summed E-state index contributed by atoms with van der Waals surface area (Å²) in [6.45, 7) is 11.8. The van der Waals surface area contributed by atoms with E-state index in [9.17, 15) is 25.2 Å². The molecule has 0 bridgehead atoms. The lowest BCUT2D eigenvalue weighted by Gasteiger charge is -2.65. The molecule has 1 amide bonds. The van der Waals surface area contributed by atoms with E-state index in [2.05, 4.69) is 34.6 Å². The van der Waals surface area contributed by atoms with Crippen molar-refractivity contribution in [3.05, 3.63) is 0 Å². The third-order valence-corrected chi connectivity index (χ3v) is 12.6. The van der Waals surface area contributed by atoms with Crippen LogP contribution in [-0.4, -0.2) is 82.0 Å². The molecule has 0 spiro atoms. The molecule has 40 heavy (non-hydrogen) atoms. The monoisotopic (exact) mass is 565 g/mol. The zero-order chi connectivity index (χ0) is 29.3. The van der Waals surface area contributed by atoms with Crippen LogP contribution in [0.2, 0.25) is 0 Å². The van der Waals surface area contributed by atoms with E-state index in [1.807, 2.05) is 0 Å². The molecule has 0 aliphatic heterocycles. The molecule has 0 heterocycles. The molecule has 4 saturated carbocycles. The first-order valence-corrected chi connectivity index (χ1v) is 16.4. The SMILES string of the molecule is CC(C)CCC[C@@H](C)[C@H]1CC[C@H]2[C@@H]3C[C@@H](O)[C@@]4(O)C[C@@H](OCC(=O)N(CCO)CCO)CC[C@]4(C)[C@H]3CC[C@]12C. The predicted molar refractivity (Wildman–Crippen MR) is 156 cm³/mol. The zero-order valence-corrected chi connectivity index (χ0v) is 26.0. The van der Waals surface area contributed by atoms with Gasteiger partial charge in [-0.3, -0.25) is 4.79 Å². The summed E-state index contributed by atoms with van der Waals surface area (Å²) >= 11 is 0. The van der Waals surface area contributed by atoms with Crippen LogP contribution in [0, 0.1) is 46.3 Å². The summed E-state index contributed by atoms with van der Waals surface area (Å²) in [6.07, 6.45) is 10.3. The van der Waals surface area contributed by atoms with E-state index in [-0.39, 0.29) is 50.3 Å². The van der Waals surface area contributed by atoms with Gasteiger partial charge in [0.15, 0.2) is 0 Å². The van der Waals surface area contributed by atoms with Crippen molar-refractivity contribution in [1.82, 2.24) is 4.90 Å². The van der Waals surface area contributed by atoms with E-state index < -0.39 is 11.7 Å². The standard InChI is InChI=1S/C33H59NO6/c1-22(2)7-6-8-23(3)26-9-10-27-25-19-29(37)33(39)20-24(40-21-30(38)34(15-17-35)16-18-36)11-14-32(33,5)28(25)12-13-31(26,27)4/h22-29,35-37,39H,6-21H2,1-5H3/t23-,24+,25+,26-,27+,28+,29-,31-,32-,33+/m1/s1. The molecule has 0 saturated heterocycles. The number of carbonyl (C=O) groups excluding carboxylic acids is 1. The summed E-state index contributed by atoms with van der Waals surface area (Å²) in [5, 5.41) is 42.2. The van der Waals surface area contributed by atoms with Gasteiger partial charge in [0.25, 0.3) is 0 Å². The Labute approximate surface area is 243 Å². The van der Waals surface area contributed by atoms with Gasteiger partial charge in [-0.05, 0) is 85.9 Å². The first-order valence-electron chi connectivity index (χ1n) is 16.4. The third kappa shape index (κ3) is 5.89. The van der Waals surface area contributed by atoms with Crippen molar-refractivity contribution in [2.45, 2.75) is 123 Å². The summed E-state index contributed by atoms with van der Waals surface area (Å²) < 4.78 is 6.01. The maximum atomic E-state index is 12.6. The number of hydrogen-bond donors (Lipinski definition) is 4. The van der Waals surface area contributed by atoms with Crippen LogP contribution >= 0.6 is 0 Å². The van der Waals surface area contributed by atoms with Gasteiger partial charge in [0, 0.05) is 24.9 Å². The van der Waals surface area contributed by atoms with Crippen LogP contribution < -0.4 is 0 Å². The Balaban J connectivity index is 1.42. The maximum absolute atomic E-state index is 12.6. The smallest absolute Gasteiger partial charge is 0.248 e. The fourth-order valence-corrected chi connectivity index (χ4v) is 10.3. The van der Waals surface area contributed by atoms with Gasteiger partial charge in [-0.15, -0.1) is 0 Å². The molecule has 232 valence electrons. The minimum absolute atomic E-state index is 0.142. The molecule has 4 aliphatic rings. The number of fused-ring (bicyclic) bond motifs is 5. The largest absolute Gasteiger partial charge is 0.395 e. The average Bonchev–Trinajstić information content (AvgIpc) is 3.26. The zero-order valence-electron chi connectivity index (χ0n) is 26.0. The van der Waals surface area contributed by atoms with Crippen molar-refractivity contribution in [2.75, 3.05) is 32.9 Å². The lowest BCUT2D eigenvalue weighted by atomic mass is 9.42. The molecule has 0 aromatic heterocycles. The van der Waals surface area contributed by atoms with E-state index >= 15 is 0 Å². The van der Waals surface area contributed by atoms with Crippen molar-refractivity contribution in [1.29, 1.82) is 0 Å². The Morgan fingerprint density at radius 2 is 1.68 bits per heavy atom. The molecule has 0 aromatic rings. The van der Waals surface area contributed by atoms with Gasteiger partial charge in [-0.1, -0.05) is 53.9 Å². The van der Waals surface area contributed by atoms with Crippen molar-refractivity contribution >= 4 is 5.91 Å². The maximum Gasteiger partial charge on any atom is 0.248 e. The minimum atomic E-state index is -1.22. The minimum Gasteiger partial charge on any atom is -0.395 e. The molecule has 10 atom stereocenters. The van der Waals surface area contributed by atoms with Gasteiger partial charge < -0.3 is 30.1 Å². The third-order valence-electron chi connectivity index (χ3n) is 12.6.